The van der Waals surface area contributed by atoms with E-state index in [0.29, 0.717) is 113 Å². The van der Waals surface area contributed by atoms with Gasteiger partial charge >= 0.3 is 23.9 Å². The average Bonchev–Trinajstić information content (AvgIpc) is 1.44. The second-order valence-corrected chi connectivity index (χ2v) is 26.6. The Balaban J connectivity index is 0.000000195. The fraction of sp³-hybridized carbons (Fsp3) is 0.195. The van der Waals surface area contributed by atoms with Gasteiger partial charge in [-0.1, -0.05) is 200 Å². The summed E-state index contributed by atoms with van der Waals surface area (Å²) in [4.78, 5) is 0. The second kappa shape index (κ2) is 35.3. The van der Waals surface area contributed by atoms with Crippen molar-refractivity contribution in [1.82, 2.24) is 5.32 Å². The first-order valence-electron chi connectivity index (χ1n) is 31.7. The van der Waals surface area contributed by atoms with Crippen LogP contribution in [0, 0.1) is 0 Å². The third-order valence-electron chi connectivity index (χ3n) is 15.2. The summed E-state index contributed by atoms with van der Waals surface area (Å²) in [6.45, 7) is 6.24. The van der Waals surface area contributed by atoms with Crippen molar-refractivity contribution in [3.8, 4) is 39.9 Å². The molecule has 11 aromatic carbocycles. The predicted molar refractivity (Wildman–Crippen MR) is 381 cm³/mol. The molecule has 0 amide bonds. The van der Waals surface area contributed by atoms with Crippen LogP contribution in [0.5, 0.6) is 28.7 Å². The van der Waals surface area contributed by atoms with Gasteiger partial charge in [-0.05, 0) is 116 Å². The van der Waals surface area contributed by atoms with Crippen LogP contribution in [0.3, 0.4) is 0 Å². The molecule has 0 unspecified atom stereocenters. The van der Waals surface area contributed by atoms with Crippen molar-refractivity contribution in [3.05, 3.63) is 266 Å². The van der Waals surface area contributed by atoms with E-state index in [-0.39, 0.29) is 6.61 Å². The Kier molecular flexibility index (Phi) is 25.3. The van der Waals surface area contributed by atoms with Crippen LogP contribution < -0.4 is 44.7 Å². The summed E-state index contributed by atoms with van der Waals surface area (Å²) in [6, 6.07) is 87.9. The zero-order chi connectivity index (χ0) is 67.8. The number of benzene rings is 11. The maximum absolute atomic E-state index is 10.7. The van der Waals surface area contributed by atoms with Gasteiger partial charge in [0, 0.05) is 29.9 Å². The molecule has 2 heterocycles. The third kappa shape index (κ3) is 19.8. The zero-order valence-electron chi connectivity index (χ0n) is 53.3. The number of halogens is 3. The number of nitrogens with one attached hydrogen (secondary N) is 1. The van der Waals surface area contributed by atoms with Gasteiger partial charge in [-0.2, -0.15) is 21.6 Å². The third-order valence-corrected chi connectivity index (χ3v) is 19.3. The largest absolute Gasteiger partial charge is 0.522 e. The summed E-state index contributed by atoms with van der Waals surface area (Å²) in [7, 11) is -8.37. The van der Waals surface area contributed by atoms with E-state index in [9.17, 15) is 13.2 Å². The van der Waals surface area contributed by atoms with E-state index in [1.807, 2.05) is 72.8 Å². The zero-order valence-corrected chi connectivity index (χ0v) is 55.9. The van der Waals surface area contributed by atoms with Gasteiger partial charge in [0.1, 0.15) is 43.3 Å². The van der Waals surface area contributed by atoms with E-state index in [2.05, 4.69) is 181 Å². The van der Waals surface area contributed by atoms with Gasteiger partial charge in [-0.3, -0.25) is 4.55 Å². The lowest BCUT2D eigenvalue weighted by molar-refractivity contribution is -0.0510. The maximum atomic E-state index is 10.7. The monoisotopic (exact) mass is 1390 g/mol. The molecule has 0 fully saturated rings. The maximum Gasteiger partial charge on any atom is 0.522 e. The molecule has 0 atom stereocenters. The van der Waals surface area contributed by atoms with E-state index in [1.54, 1.807) is 6.07 Å². The highest BCUT2D eigenvalue weighted by Gasteiger charge is 2.44. The van der Waals surface area contributed by atoms with Crippen LogP contribution >= 0.6 is 16.2 Å². The molecule has 12 aromatic rings. The average molecular weight is 1390 g/mol. The number of alkyl halides is 3. The fourth-order valence-electron chi connectivity index (χ4n) is 10.7. The van der Waals surface area contributed by atoms with Crippen molar-refractivity contribution in [2.24, 2.45) is 0 Å². The Bertz CT molecular complexity index is 4530. The lowest BCUT2D eigenvalue weighted by atomic mass is 9.99. The van der Waals surface area contributed by atoms with Gasteiger partial charge in [0.2, 0.25) is 0 Å². The quantitative estimate of drug-likeness (QED) is 0.0751. The molecule has 1 aliphatic heterocycles. The second-order valence-electron chi connectivity index (χ2n) is 22.0. The Labute approximate surface area is 568 Å². The van der Waals surface area contributed by atoms with Crippen LogP contribution in [0.15, 0.2) is 263 Å². The molecular weight excluding hydrogens is 1310 g/mol. The molecule has 15 nitrogen and oxygen atoms in total. The minimum absolute atomic E-state index is 0.274. The van der Waals surface area contributed by atoms with Crippen LogP contribution in [0.2, 0.25) is 0 Å². The van der Waals surface area contributed by atoms with Crippen molar-refractivity contribution >= 4 is 85.7 Å². The summed E-state index contributed by atoms with van der Waals surface area (Å²) in [6.07, 6.45) is 0. The SMILES string of the molecule is O=S(=O)(O)C(F)(F)F.c1ccc(CNCc2cccc(-c3cccc(P(c4ccccc4)c4ccccc4)c3)c2)cc1.c1ccc2c(c1)OCCOCCOCCOc1ccc(Op3oc4ccc5ccccc5c4c4c(ccc5ccccc54)o3)cc1OCCOCCOCCO2. The molecule has 2 N–H and O–H groups in total. The predicted octanol–water partition coefficient (Wildman–Crippen LogP) is 16.5. The molecule has 0 radical (unpaired) electrons. The molecule has 13 rings (SSSR count). The molecule has 98 heavy (non-hydrogen) atoms. The van der Waals surface area contributed by atoms with Crippen LogP contribution in [0.25, 0.3) is 54.6 Å². The molecule has 1 aliphatic rings. The standard InChI is InChI=1S/C44H43O11P.C32H28NP.CHF3O3S/c1-3-9-35-32(7-1)13-16-40-43(35)44-36-10-4-2-8-33(36)14-17-41(44)55-56(54-40)53-34-15-18-39-42(31-34)52-30-26-48-22-21-46-24-28-50-38-12-6-5-11-37(38)49-27-23-45-19-20-47-25-29-51-39;1-4-12-26(13-5-1)24-33-25-27-14-10-15-28(22-27)29-16-11-21-32(23-29)34(30-17-6-2-7-18-30)31-19-8-3-9-20-31;2-1(3,4)8(5,6)7/h1-18,31H,19-30H2;1-23,33H,24-25H2;(H,5,6,7). The summed E-state index contributed by atoms with van der Waals surface area (Å²) >= 11 is 0. The topological polar surface area (TPSA) is 176 Å². The number of ether oxygens (including phenoxy) is 8. The molecule has 0 spiro atoms. The fourth-order valence-corrected chi connectivity index (χ4v) is 14.0. The number of para-hydroxylation sites is 2. The van der Waals surface area contributed by atoms with E-state index in [1.165, 1.54) is 38.2 Å². The van der Waals surface area contributed by atoms with E-state index >= 15 is 0 Å². The Hall–Kier alpha value is -9.23. The first-order valence-corrected chi connectivity index (χ1v) is 35.6. The van der Waals surface area contributed by atoms with Gasteiger partial charge in [0.05, 0.1) is 52.9 Å². The molecule has 21 heteroatoms. The lowest BCUT2D eigenvalue weighted by Crippen LogP contribution is -2.21. The lowest BCUT2D eigenvalue weighted by Gasteiger charge is -2.20. The van der Waals surface area contributed by atoms with Gasteiger partial charge in [-0.25, -0.2) is 0 Å². The van der Waals surface area contributed by atoms with Crippen molar-refractivity contribution in [2.75, 3.05) is 79.3 Å². The van der Waals surface area contributed by atoms with Crippen molar-refractivity contribution < 1.29 is 77.0 Å². The summed E-state index contributed by atoms with van der Waals surface area (Å²) < 4.78 is 124. The number of hydrogen-bond donors (Lipinski definition) is 2. The van der Waals surface area contributed by atoms with Crippen molar-refractivity contribution in [3.63, 3.8) is 0 Å². The summed E-state index contributed by atoms with van der Waals surface area (Å²) in [5.74, 6) is 2.84. The smallest absolute Gasteiger partial charge is 0.487 e. The first-order chi connectivity index (χ1) is 47.9. The molecule has 1 aromatic heterocycles. The van der Waals surface area contributed by atoms with Gasteiger partial charge in [0.15, 0.2) is 23.0 Å². The number of fused-ring (bicyclic) bond motifs is 9. The van der Waals surface area contributed by atoms with Crippen LogP contribution in [0.4, 0.5) is 13.2 Å². The van der Waals surface area contributed by atoms with Crippen LogP contribution in [-0.4, -0.2) is 97.8 Å². The Morgan fingerprint density at radius 2 is 0.806 bits per heavy atom. The normalized spacial score (nSPS) is 13.9. The summed E-state index contributed by atoms with van der Waals surface area (Å²) in [5, 5.41) is 14.0. The van der Waals surface area contributed by atoms with E-state index in [4.69, 9.17) is 63.8 Å². The van der Waals surface area contributed by atoms with E-state index in [0.717, 1.165) is 45.4 Å². The van der Waals surface area contributed by atoms with Gasteiger partial charge < -0.3 is 56.1 Å². The summed E-state index contributed by atoms with van der Waals surface area (Å²) in [5.41, 5.74) is 0.963. The highest BCUT2D eigenvalue weighted by Crippen LogP contribution is 2.44. The highest BCUT2D eigenvalue weighted by atomic mass is 32.2. The van der Waals surface area contributed by atoms with Crippen LogP contribution in [-0.2, 0) is 42.2 Å². The molecule has 0 saturated heterocycles. The molecule has 0 bridgehead atoms. The van der Waals surface area contributed by atoms with Gasteiger partial charge in [0.25, 0.3) is 0 Å². The van der Waals surface area contributed by atoms with Crippen molar-refractivity contribution in [1.29, 1.82) is 0 Å². The first kappa shape index (κ1) is 70.1. The van der Waals surface area contributed by atoms with Gasteiger partial charge in [-0.15, -0.1) is 0 Å². The highest BCUT2D eigenvalue weighted by molar-refractivity contribution is 7.86. The number of hydrogen-bond acceptors (Lipinski definition) is 14. The van der Waals surface area contributed by atoms with Crippen molar-refractivity contribution in [2.45, 2.75) is 18.6 Å². The molecule has 0 saturated carbocycles. The molecule has 506 valence electrons. The Morgan fingerprint density at radius 1 is 0.408 bits per heavy atom. The minimum Gasteiger partial charge on any atom is -0.487 e. The van der Waals surface area contributed by atoms with E-state index < -0.39 is 31.8 Å². The minimum atomic E-state index is -5.84. The Morgan fingerprint density at radius 3 is 1.32 bits per heavy atom. The number of rotatable bonds is 10. The molecule has 0 aliphatic carbocycles. The molecular formula is C77H72F3NO14P2S. The van der Waals surface area contributed by atoms with Crippen LogP contribution in [0.1, 0.15) is 11.1 Å².